The SMILES string of the molecule is Cc1ccc(C(C)(C)F)cc1C=O. The van der Waals surface area contributed by atoms with Crippen molar-refractivity contribution in [2.75, 3.05) is 0 Å². The quantitative estimate of drug-likeness (QED) is 0.639. The number of carbonyl (C=O) groups excluding carboxylic acids is 1. The molecule has 70 valence electrons. The highest BCUT2D eigenvalue weighted by atomic mass is 19.1. The molecule has 1 aromatic carbocycles. The minimum Gasteiger partial charge on any atom is -0.298 e. The molecule has 0 amide bonds. The summed E-state index contributed by atoms with van der Waals surface area (Å²) in [4.78, 5) is 10.6. The lowest BCUT2D eigenvalue weighted by Gasteiger charge is -2.15. The third-order valence-electron chi connectivity index (χ3n) is 2.09. The van der Waals surface area contributed by atoms with Gasteiger partial charge in [-0.25, -0.2) is 4.39 Å². The molecular weight excluding hydrogens is 167 g/mol. The van der Waals surface area contributed by atoms with Gasteiger partial charge in [0.15, 0.2) is 0 Å². The number of benzene rings is 1. The zero-order chi connectivity index (χ0) is 10.1. The number of alkyl halides is 1. The first kappa shape index (κ1) is 9.90. The van der Waals surface area contributed by atoms with Gasteiger partial charge in [-0.2, -0.15) is 0 Å². The van der Waals surface area contributed by atoms with Crippen molar-refractivity contribution in [3.8, 4) is 0 Å². The van der Waals surface area contributed by atoms with E-state index in [0.717, 1.165) is 11.8 Å². The van der Waals surface area contributed by atoms with Gasteiger partial charge in [0.1, 0.15) is 12.0 Å². The van der Waals surface area contributed by atoms with Crippen LogP contribution in [-0.2, 0) is 5.67 Å². The summed E-state index contributed by atoms with van der Waals surface area (Å²) in [5.41, 5.74) is 0.595. The monoisotopic (exact) mass is 180 g/mol. The Morgan fingerprint density at radius 2 is 2.00 bits per heavy atom. The third-order valence-corrected chi connectivity index (χ3v) is 2.09. The first-order valence-electron chi connectivity index (χ1n) is 4.20. The molecule has 0 fully saturated rings. The van der Waals surface area contributed by atoms with E-state index in [0.29, 0.717) is 11.1 Å². The van der Waals surface area contributed by atoms with Gasteiger partial charge in [0.2, 0.25) is 0 Å². The van der Waals surface area contributed by atoms with E-state index in [1.807, 2.05) is 6.92 Å². The van der Waals surface area contributed by atoms with Gasteiger partial charge in [0.25, 0.3) is 0 Å². The molecule has 0 aliphatic carbocycles. The Morgan fingerprint density at radius 3 is 2.46 bits per heavy atom. The molecule has 2 heteroatoms. The van der Waals surface area contributed by atoms with E-state index in [9.17, 15) is 9.18 Å². The summed E-state index contributed by atoms with van der Waals surface area (Å²) < 4.78 is 13.5. The Bertz CT molecular complexity index is 323. The largest absolute Gasteiger partial charge is 0.298 e. The Kier molecular flexibility index (Phi) is 2.50. The molecule has 0 saturated carbocycles. The summed E-state index contributed by atoms with van der Waals surface area (Å²) in [7, 11) is 0. The molecule has 13 heavy (non-hydrogen) atoms. The van der Waals surface area contributed by atoms with Gasteiger partial charge < -0.3 is 0 Å². The second kappa shape index (κ2) is 3.29. The summed E-state index contributed by atoms with van der Waals surface area (Å²) in [6, 6.07) is 5.07. The van der Waals surface area contributed by atoms with Crippen LogP contribution in [0.15, 0.2) is 18.2 Å². The van der Waals surface area contributed by atoms with E-state index in [4.69, 9.17) is 0 Å². The summed E-state index contributed by atoms with van der Waals surface area (Å²) in [5.74, 6) is 0. The number of hydrogen-bond donors (Lipinski definition) is 0. The normalized spacial score (nSPS) is 11.4. The lowest BCUT2D eigenvalue weighted by Crippen LogP contribution is -2.09. The van der Waals surface area contributed by atoms with Gasteiger partial charge in [-0.15, -0.1) is 0 Å². The van der Waals surface area contributed by atoms with Gasteiger partial charge in [0, 0.05) is 5.56 Å². The van der Waals surface area contributed by atoms with E-state index < -0.39 is 5.67 Å². The molecule has 0 bridgehead atoms. The highest BCUT2D eigenvalue weighted by molar-refractivity contribution is 5.77. The van der Waals surface area contributed by atoms with Crippen LogP contribution in [-0.4, -0.2) is 6.29 Å². The van der Waals surface area contributed by atoms with Crippen molar-refractivity contribution in [1.29, 1.82) is 0 Å². The fourth-order valence-electron chi connectivity index (χ4n) is 1.14. The molecular formula is C11H13FO. The Balaban J connectivity index is 3.21. The van der Waals surface area contributed by atoms with Crippen LogP contribution >= 0.6 is 0 Å². The van der Waals surface area contributed by atoms with E-state index >= 15 is 0 Å². The number of aldehydes is 1. The highest BCUT2D eigenvalue weighted by Crippen LogP contribution is 2.25. The molecule has 0 aliphatic rings. The molecule has 0 unspecified atom stereocenters. The Morgan fingerprint density at radius 1 is 1.38 bits per heavy atom. The molecule has 0 aromatic heterocycles. The lowest BCUT2D eigenvalue weighted by molar-refractivity contribution is 0.112. The molecule has 0 atom stereocenters. The van der Waals surface area contributed by atoms with Crippen molar-refractivity contribution < 1.29 is 9.18 Å². The predicted molar refractivity (Wildman–Crippen MR) is 50.7 cm³/mol. The number of carbonyl (C=O) groups is 1. The predicted octanol–water partition coefficient (Wildman–Crippen LogP) is 3.01. The molecule has 0 aliphatic heterocycles. The first-order valence-corrected chi connectivity index (χ1v) is 4.20. The Labute approximate surface area is 77.6 Å². The fraction of sp³-hybridized carbons (Fsp3) is 0.364. The zero-order valence-electron chi connectivity index (χ0n) is 8.10. The van der Waals surface area contributed by atoms with Crippen molar-refractivity contribution in [3.05, 3.63) is 34.9 Å². The second-order valence-corrected chi connectivity index (χ2v) is 3.66. The number of hydrogen-bond acceptors (Lipinski definition) is 1. The molecule has 0 saturated heterocycles. The number of halogens is 1. The van der Waals surface area contributed by atoms with Gasteiger partial charge in [0.05, 0.1) is 0 Å². The number of rotatable bonds is 2. The summed E-state index contributed by atoms with van der Waals surface area (Å²) >= 11 is 0. The molecule has 1 rings (SSSR count). The Hall–Kier alpha value is -1.18. The van der Waals surface area contributed by atoms with Crippen molar-refractivity contribution >= 4 is 6.29 Å². The average molecular weight is 180 g/mol. The van der Waals surface area contributed by atoms with Crippen LogP contribution in [0.4, 0.5) is 4.39 Å². The van der Waals surface area contributed by atoms with Crippen LogP contribution < -0.4 is 0 Å². The first-order chi connectivity index (χ1) is 5.95. The molecule has 1 aromatic rings. The summed E-state index contributed by atoms with van der Waals surface area (Å²) in [5, 5.41) is 0. The van der Waals surface area contributed by atoms with Crippen molar-refractivity contribution in [3.63, 3.8) is 0 Å². The van der Waals surface area contributed by atoms with E-state index in [-0.39, 0.29) is 0 Å². The van der Waals surface area contributed by atoms with Crippen LogP contribution in [0.5, 0.6) is 0 Å². The van der Waals surface area contributed by atoms with Crippen molar-refractivity contribution in [2.24, 2.45) is 0 Å². The van der Waals surface area contributed by atoms with Crippen LogP contribution in [0.2, 0.25) is 0 Å². The smallest absolute Gasteiger partial charge is 0.150 e. The number of aryl methyl sites for hydroxylation is 1. The lowest BCUT2D eigenvalue weighted by atomic mass is 9.96. The summed E-state index contributed by atoms with van der Waals surface area (Å²) in [6.07, 6.45) is 0.755. The maximum Gasteiger partial charge on any atom is 0.150 e. The topological polar surface area (TPSA) is 17.1 Å². The minimum absolute atomic E-state index is 0.542. The van der Waals surface area contributed by atoms with Gasteiger partial charge in [-0.05, 0) is 38.0 Å². The van der Waals surface area contributed by atoms with E-state index in [2.05, 4.69) is 0 Å². The van der Waals surface area contributed by atoms with Crippen LogP contribution in [0.25, 0.3) is 0 Å². The van der Waals surface area contributed by atoms with Gasteiger partial charge in [-0.3, -0.25) is 4.79 Å². The molecule has 0 spiro atoms. The molecule has 0 heterocycles. The minimum atomic E-state index is -1.38. The van der Waals surface area contributed by atoms with Crippen LogP contribution in [0.3, 0.4) is 0 Å². The summed E-state index contributed by atoms with van der Waals surface area (Å²) in [6.45, 7) is 4.79. The fourth-order valence-corrected chi connectivity index (χ4v) is 1.14. The van der Waals surface area contributed by atoms with Crippen LogP contribution in [0.1, 0.15) is 35.3 Å². The zero-order valence-corrected chi connectivity index (χ0v) is 8.10. The average Bonchev–Trinajstić information content (AvgIpc) is 2.03. The van der Waals surface area contributed by atoms with E-state index in [1.165, 1.54) is 13.8 Å². The molecule has 1 nitrogen and oxygen atoms in total. The molecule has 0 N–H and O–H groups in total. The third kappa shape index (κ3) is 2.14. The maximum absolute atomic E-state index is 13.5. The van der Waals surface area contributed by atoms with Crippen molar-refractivity contribution in [1.82, 2.24) is 0 Å². The molecule has 0 radical (unpaired) electrons. The standard InChI is InChI=1S/C11H13FO/c1-8-4-5-10(11(2,3)12)6-9(8)7-13/h4-7H,1-3H3. The second-order valence-electron chi connectivity index (χ2n) is 3.66. The van der Waals surface area contributed by atoms with Crippen LogP contribution in [0, 0.1) is 6.92 Å². The maximum atomic E-state index is 13.5. The van der Waals surface area contributed by atoms with Gasteiger partial charge in [-0.1, -0.05) is 12.1 Å². The van der Waals surface area contributed by atoms with Crippen molar-refractivity contribution in [2.45, 2.75) is 26.4 Å². The van der Waals surface area contributed by atoms with Gasteiger partial charge >= 0.3 is 0 Å². The van der Waals surface area contributed by atoms with E-state index in [1.54, 1.807) is 18.2 Å². The highest BCUT2D eigenvalue weighted by Gasteiger charge is 2.19.